The van der Waals surface area contributed by atoms with Crippen LogP contribution in [0.25, 0.3) is 5.65 Å². The number of hydrogen-bond acceptors (Lipinski definition) is 5. The van der Waals surface area contributed by atoms with Crippen LogP contribution in [0.4, 0.5) is 5.82 Å². The maximum Gasteiger partial charge on any atom is 0.364 e. The molecular formula is C13H20N6O. The van der Waals surface area contributed by atoms with Crippen LogP contribution in [-0.2, 0) is 0 Å². The van der Waals surface area contributed by atoms with Gasteiger partial charge in [0.25, 0.3) is 0 Å². The lowest BCUT2D eigenvalue weighted by atomic mass is 9.92. The van der Waals surface area contributed by atoms with Gasteiger partial charge in [-0.05, 0) is 44.9 Å². The highest BCUT2D eigenvalue weighted by atomic mass is 16.2. The van der Waals surface area contributed by atoms with Crippen LogP contribution in [0.3, 0.4) is 0 Å². The van der Waals surface area contributed by atoms with Crippen LogP contribution in [0, 0.1) is 5.92 Å². The molecule has 2 N–H and O–H groups in total. The van der Waals surface area contributed by atoms with Gasteiger partial charge < -0.3 is 10.2 Å². The van der Waals surface area contributed by atoms with Crippen molar-refractivity contribution >= 4 is 11.5 Å². The second kappa shape index (κ2) is 5.24. The zero-order valence-electron chi connectivity index (χ0n) is 11.8. The third kappa shape index (κ3) is 2.29. The van der Waals surface area contributed by atoms with Gasteiger partial charge in [0.15, 0.2) is 5.65 Å². The number of anilines is 1. The van der Waals surface area contributed by atoms with Gasteiger partial charge in [-0.15, -0.1) is 5.10 Å². The number of aromatic nitrogens is 4. The van der Waals surface area contributed by atoms with E-state index in [4.69, 9.17) is 0 Å². The highest BCUT2D eigenvalue weighted by Gasteiger charge is 2.24. The molecule has 3 rings (SSSR count). The first-order valence-electron chi connectivity index (χ1n) is 7.05. The van der Waals surface area contributed by atoms with Gasteiger partial charge in [0, 0.05) is 19.1 Å². The first-order chi connectivity index (χ1) is 9.69. The molecule has 20 heavy (non-hydrogen) atoms. The molecule has 0 bridgehead atoms. The molecule has 0 saturated carbocycles. The van der Waals surface area contributed by atoms with Crippen molar-refractivity contribution in [1.29, 1.82) is 0 Å². The van der Waals surface area contributed by atoms with E-state index in [0.717, 1.165) is 25.3 Å². The molecule has 0 spiro atoms. The average Bonchev–Trinajstić information content (AvgIpc) is 2.87. The van der Waals surface area contributed by atoms with E-state index < -0.39 is 0 Å². The van der Waals surface area contributed by atoms with Crippen LogP contribution in [0.2, 0.25) is 0 Å². The molecule has 0 amide bonds. The molecule has 0 radical (unpaired) electrons. The molecule has 2 aromatic heterocycles. The van der Waals surface area contributed by atoms with Crippen molar-refractivity contribution in [3.63, 3.8) is 0 Å². The van der Waals surface area contributed by atoms with Crippen LogP contribution in [0.1, 0.15) is 19.8 Å². The normalized spacial score (nSPS) is 21.3. The number of H-pyrrole nitrogens is 1. The summed E-state index contributed by atoms with van der Waals surface area (Å²) in [5.41, 5.74) is 0.259. The van der Waals surface area contributed by atoms with E-state index in [0.29, 0.717) is 17.6 Å². The molecule has 1 aliphatic heterocycles. The van der Waals surface area contributed by atoms with E-state index in [2.05, 4.69) is 32.4 Å². The molecule has 7 heteroatoms. The summed E-state index contributed by atoms with van der Waals surface area (Å²) in [5.74, 6) is 1.45. The number of hydrogen-bond donors (Lipinski definition) is 2. The number of aromatic amines is 1. The number of piperidine rings is 1. The highest BCUT2D eigenvalue weighted by molar-refractivity contribution is 5.45. The van der Waals surface area contributed by atoms with Gasteiger partial charge in [0.2, 0.25) is 0 Å². The van der Waals surface area contributed by atoms with Gasteiger partial charge in [0.05, 0.1) is 0 Å². The second-order valence-corrected chi connectivity index (χ2v) is 5.42. The summed E-state index contributed by atoms with van der Waals surface area (Å²) in [4.78, 5) is 13.8. The van der Waals surface area contributed by atoms with Gasteiger partial charge in [-0.1, -0.05) is 0 Å². The summed E-state index contributed by atoms with van der Waals surface area (Å²) >= 11 is 0. The smallest absolute Gasteiger partial charge is 0.355 e. The monoisotopic (exact) mass is 276 g/mol. The van der Waals surface area contributed by atoms with Crippen LogP contribution in [0.5, 0.6) is 0 Å². The second-order valence-electron chi connectivity index (χ2n) is 5.42. The van der Waals surface area contributed by atoms with Gasteiger partial charge in [-0.3, -0.25) is 0 Å². The lowest BCUT2D eigenvalue weighted by Crippen LogP contribution is -2.44. The van der Waals surface area contributed by atoms with E-state index in [1.807, 2.05) is 19.2 Å². The average molecular weight is 276 g/mol. The number of nitrogens with one attached hydrogen (secondary N) is 2. The Balaban J connectivity index is 1.86. The minimum absolute atomic E-state index is 0.293. The van der Waals surface area contributed by atoms with E-state index >= 15 is 0 Å². The van der Waals surface area contributed by atoms with Crippen LogP contribution in [0.15, 0.2) is 16.9 Å². The van der Waals surface area contributed by atoms with E-state index in [1.165, 1.54) is 10.9 Å². The zero-order valence-corrected chi connectivity index (χ0v) is 11.8. The Morgan fingerprint density at radius 3 is 3.15 bits per heavy atom. The van der Waals surface area contributed by atoms with Crippen molar-refractivity contribution in [2.24, 2.45) is 5.92 Å². The molecule has 2 unspecified atom stereocenters. The highest BCUT2D eigenvalue weighted by Crippen LogP contribution is 2.23. The largest absolute Gasteiger partial charge is 0.364 e. The van der Waals surface area contributed by atoms with Crippen molar-refractivity contribution in [2.45, 2.75) is 25.8 Å². The fraction of sp³-hybridized carbons (Fsp3) is 0.615. The number of fused-ring (bicyclic) bond motifs is 1. The summed E-state index contributed by atoms with van der Waals surface area (Å²) in [6, 6.07) is 4.24. The van der Waals surface area contributed by atoms with Gasteiger partial charge in [-0.25, -0.2) is 9.89 Å². The molecule has 7 nitrogen and oxygen atoms in total. The van der Waals surface area contributed by atoms with E-state index in [1.54, 1.807) is 0 Å². The van der Waals surface area contributed by atoms with Gasteiger partial charge in [0.1, 0.15) is 5.82 Å². The molecule has 1 saturated heterocycles. The quantitative estimate of drug-likeness (QED) is 0.840. The molecule has 0 aromatic carbocycles. The summed E-state index contributed by atoms with van der Waals surface area (Å²) < 4.78 is 1.32. The van der Waals surface area contributed by atoms with Gasteiger partial charge >= 0.3 is 5.69 Å². The third-order valence-electron chi connectivity index (χ3n) is 4.20. The lowest BCUT2D eigenvalue weighted by molar-refractivity contribution is 0.332. The fourth-order valence-corrected chi connectivity index (χ4v) is 2.82. The Bertz CT molecular complexity index is 648. The van der Waals surface area contributed by atoms with Crippen LogP contribution < -0.4 is 15.9 Å². The molecular weight excluding hydrogens is 256 g/mol. The predicted octanol–water partition coefficient (Wildman–Crippen LogP) is 0.242. The van der Waals surface area contributed by atoms with Crippen molar-refractivity contribution in [3.05, 3.63) is 22.6 Å². The Morgan fingerprint density at radius 1 is 1.50 bits per heavy atom. The van der Waals surface area contributed by atoms with Crippen LogP contribution in [-0.4, -0.2) is 46.0 Å². The van der Waals surface area contributed by atoms with Crippen molar-refractivity contribution in [3.8, 4) is 0 Å². The Hall–Kier alpha value is -1.89. The van der Waals surface area contributed by atoms with Crippen molar-refractivity contribution < 1.29 is 0 Å². The summed E-state index contributed by atoms with van der Waals surface area (Å²) in [7, 11) is 2.00. The molecule has 2 atom stereocenters. The Labute approximate surface area is 117 Å². The first kappa shape index (κ1) is 13.1. The molecule has 1 fully saturated rings. The topological polar surface area (TPSA) is 78.3 Å². The summed E-state index contributed by atoms with van der Waals surface area (Å²) in [5, 5.41) is 14.0. The Kier molecular flexibility index (Phi) is 3.43. The first-order valence-corrected chi connectivity index (χ1v) is 7.05. The predicted molar refractivity (Wildman–Crippen MR) is 77.1 cm³/mol. The van der Waals surface area contributed by atoms with Crippen molar-refractivity contribution in [1.82, 2.24) is 25.1 Å². The summed E-state index contributed by atoms with van der Waals surface area (Å²) in [6.45, 7) is 4.16. The summed E-state index contributed by atoms with van der Waals surface area (Å²) in [6.07, 6.45) is 2.38. The molecule has 1 aliphatic rings. The number of nitrogens with zero attached hydrogens (tertiary/aromatic N) is 4. The lowest BCUT2D eigenvalue weighted by Gasteiger charge is -2.36. The third-order valence-corrected chi connectivity index (χ3v) is 4.20. The fourth-order valence-electron chi connectivity index (χ4n) is 2.82. The minimum atomic E-state index is -0.293. The van der Waals surface area contributed by atoms with E-state index in [-0.39, 0.29) is 5.69 Å². The maximum atomic E-state index is 11.6. The number of rotatable bonds is 3. The molecule has 0 aliphatic carbocycles. The maximum absolute atomic E-state index is 11.6. The Morgan fingerprint density at radius 2 is 2.35 bits per heavy atom. The molecule has 108 valence electrons. The van der Waals surface area contributed by atoms with Crippen molar-refractivity contribution in [2.75, 3.05) is 25.0 Å². The zero-order chi connectivity index (χ0) is 14.1. The SMILES string of the molecule is CNC(C)C1CCCN(c2ccc3n[nH]c(=O)n3n2)C1. The minimum Gasteiger partial charge on any atom is -0.355 e. The van der Waals surface area contributed by atoms with Gasteiger partial charge in [-0.2, -0.15) is 9.61 Å². The molecule has 2 aromatic rings. The standard InChI is InChI=1S/C13H20N6O/c1-9(14-2)10-4-3-7-18(8-10)12-6-5-11-15-16-13(20)19(11)17-12/h5-6,9-10,14H,3-4,7-8H2,1-2H3,(H,16,20). The van der Waals surface area contributed by atoms with E-state index in [9.17, 15) is 4.79 Å². The van der Waals surface area contributed by atoms with Crippen LogP contribution >= 0.6 is 0 Å². The molecule has 3 heterocycles.